The van der Waals surface area contributed by atoms with Crippen molar-refractivity contribution in [3.8, 4) is 0 Å². The zero-order valence-electron chi connectivity index (χ0n) is 16.7. The molecule has 2 aromatic heterocycles. The summed E-state index contributed by atoms with van der Waals surface area (Å²) < 4.78 is 7.57. The standard InChI is InChI=1S/C22H25N5O2/c1-26-11-15(22(28)25-20-10-23-6-7-24-20)8-17-16-4-3-5-18-21(16)14(9-19(17)26)12-27(18)13-29-2/h3-7,10,12,15,17,19H,8-9,11,13H2,1-2H3,(H,24,25,28)/t15?,17-,19-/m1/s1. The second kappa shape index (κ2) is 7.24. The van der Waals surface area contributed by atoms with Gasteiger partial charge in [-0.05, 0) is 37.1 Å². The summed E-state index contributed by atoms with van der Waals surface area (Å²) in [5.41, 5.74) is 3.95. The van der Waals surface area contributed by atoms with Gasteiger partial charge in [-0.1, -0.05) is 12.1 Å². The Morgan fingerprint density at radius 3 is 3.03 bits per heavy atom. The number of amides is 1. The van der Waals surface area contributed by atoms with Crippen LogP contribution >= 0.6 is 0 Å². The Kier molecular flexibility index (Phi) is 4.56. The first-order chi connectivity index (χ1) is 14.2. The number of rotatable bonds is 4. The zero-order valence-corrected chi connectivity index (χ0v) is 16.7. The molecule has 7 heteroatoms. The molecule has 3 heterocycles. The summed E-state index contributed by atoms with van der Waals surface area (Å²) in [6.07, 6.45) is 8.85. The smallest absolute Gasteiger partial charge is 0.229 e. The Balaban J connectivity index is 1.46. The number of aromatic nitrogens is 3. The van der Waals surface area contributed by atoms with Crippen molar-refractivity contribution in [3.63, 3.8) is 0 Å². The van der Waals surface area contributed by atoms with Crippen molar-refractivity contribution in [2.24, 2.45) is 5.92 Å². The van der Waals surface area contributed by atoms with E-state index >= 15 is 0 Å². The van der Waals surface area contributed by atoms with Crippen LogP contribution in [0, 0.1) is 5.92 Å². The predicted molar refractivity (Wildman–Crippen MR) is 111 cm³/mol. The highest BCUT2D eigenvalue weighted by Crippen LogP contribution is 2.45. The second-order valence-corrected chi connectivity index (χ2v) is 8.11. The lowest BCUT2D eigenvalue weighted by Gasteiger charge is -2.45. The third-order valence-electron chi connectivity index (χ3n) is 6.38. The molecular formula is C22H25N5O2. The molecule has 0 saturated carbocycles. The van der Waals surface area contributed by atoms with Crippen molar-refractivity contribution in [1.82, 2.24) is 19.4 Å². The normalized spacial score (nSPS) is 23.7. The first-order valence-electron chi connectivity index (χ1n) is 10.0. The van der Waals surface area contributed by atoms with Gasteiger partial charge in [-0.2, -0.15) is 0 Å². The molecule has 1 N–H and O–H groups in total. The highest BCUT2D eigenvalue weighted by molar-refractivity contribution is 5.92. The zero-order chi connectivity index (χ0) is 20.0. The van der Waals surface area contributed by atoms with Crippen LogP contribution < -0.4 is 5.32 Å². The summed E-state index contributed by atoms with van der Waals surface area (Å²) in [5.74, 6) is 0.778. The average Bonchev–Trinajstić information content (AvgIpc) is 3.08. The molecule has 0 bridgehead atoms. The molecule has 7 nitrogen and oxygen atoms in total. The quantitative estimate of drug-likeness (QED) is 0.740. The van der Waals surface area contributed by atoms with Gasteiger partial charge in [0.25, 0.3) is 0 Å². The van der Waals surface area contributed by atoms with Crippen LogP contribution in [0.1, 0.15) is 23.5 Å². The minimum atomic E-state index is -0.0823. The van der Waals surface area contributed by atoms with Gasteiger partial charge >= 0.3 is 0 Å². The molecule has 1 aliphatic carbocycles. The van der Waals surface area contributed by atoms with Gasteiger partial charge in [0, 0.05) is 49.6 Å². The summed E-state index contributed by atoms with van der Waals surface area (Å²) in [7, 11) is 3.86. The van der Waals surface area contributed by atoms with Crippen molar-refractivity contribution in [1.29, 1.82) is 0 Å². The van der Waals surface area contributed by atoms with E-state index in [4.69, 9.17) is 4.74 Å². The molecule has 0 radical (unpaired) electrons. The van der Waals surface area contributed by atoms with E-state index in [1.165, 1.54) is 22.0 Å². The van der Waals surface area contributed by atoms with Crippen LogP contribution in [0.2, 0.25) is 0 Å². The van der Waals surface area contributed by atoms with Crippen molar-refractivity contribution in [2.75, 3.05) is 26.0 Å². The first-order valence-corrected chi connectivity index (χ1v) is 10.0. The Labute approximate surface area is 169 Å². The van der Waals surface area contributed by atoms with Gasteiger partial charge in [0.05, 0.1) is 17.6 Å². The number of piperidine rings is 1. The van der Waals surface area contributed by atoms with Gasteiger partial charge in [-0.3, -0.25) is 9.78 Å². The molecule has 1 saturated heterocycles. The molecule has 3 atom stereocenters. The lowest BCUT2D eigenvalue weighted by molar-refractivity contribution is -0.122. The number of ether oxygens (including phenoxy) is 1. The maximum absolute atomic E-state index is 12.9. The molecule has 150 valence electrons. The van der Waals surface area contributed by atoms with Gasteiger partial charge < -0.3 is 19.5 Å². The maximum Gasteiger partial charge on any atom is 0.229 e. The van der Waals surface area contributed by atoms with Crippen LogP contribution in [0.15, 0.2) is 43.0 Å². The molecule has 1 unspecified atom stereocenters. The fourth-order valence-corrected chi connectivity index (χ4v) is 5.15. The predicted octanol–water partition coefficient (Wildman–Crippen LogP) is 2.63. The second-order valence-electron chi connectivity index (χ2n) is 8.11. The monoisotopic (exact) mass is 391 g/mol. The van der Waals surface area contributed by atoms with Crippen LogP contribution in [0.25, 0.3) is 10.9 Å². The van der Waals surface area contributed by atoms with Crippen molar-refractivity contribution in [2.45, 2.75) is 31.5 Å². The SMILES string of the molecule is COCn1cc2c3c(cccc31)[C@H]1CC(C(=O)Nc3cnccn3)CN(C)[C@@H]1C2. The van der Waals surface area contributed by atoms with Crippen molar-refractivity contribution >= 4 is 22.6 Å². The largest absolute Gasteiger partial charge is 0.364 e. The third-order valence-corrected chi connectivity index (χ3v) is 6.38. The number of benzene rings is 1. The third kappa shape index (κ3) is 3.10. The Morgan fingerprint density at radius 2 is 2.24 bits per heavy atom. The number of likely N-dealkylation sites (N-methyl/N-ethyl adjacent to an activating group) is 1. The minimum Gasteiger partial charge on any atom is -0.364 e. The molecule has 1 fully saturated rings. The summed E-state index contributed by atoms with van der Waals surface area (Å²) in [5, 5.41) is 4.27. The number of anilines is 1. The number of hydrogen-bond donors (Lipinski definition) is 1. The molecule has 1 aromatic carbocycles. The van der Waals surface area contributed by atoms with E-state index in [9.17, 15) is 4.79 Å². The molecular weight excluding hydrogens is 366 g/mol. The van der Waals surface area contributed by atoms with E-state index in [2.05, 4.69) is 56.2 Å². The van der Waals surface area contributed by atoms with E-state index in [-0.39, 0.29) is 11.8 Å². The number of fused-ring (bicyclic) bond motifs is 2. The number of carbonyl (C=O) groups excluding carboxylic acids is 1. The molecule has 5 rings (SSSR count). The van der Waals surface area contributed by atoms with Gasteiger partial charge in [0.1, 0.15) is 6.73 Å². The molecule has 1 amide bonds. The average molecular weight is 391 g/mol. The van der Waals surface area contributed by atoms with Gasteiger partial charge in [0.2, 0.25) is 5.91 Å². The molecule has 2 aliphatic rings. The lowest BCUT2D eigenvalue weighted by Crippen LogP contribution is -2.50. The van der Waals surface area contributed by atoms with Crippen LogP contribution in [0.3, 0.4) is 0 Å². The molecule has 0 spiro atoms. The van der Waals surface area contributed by atoms with Gasteiger partial charge in [-0.25, -0.2) is 4.98 Å². The minimum absolute atomic E-state index is 0.0192. The van der Waals surface area contributed by atoms with Crippen molar-refractivity contribution < 1.29 is 9.53 Å². The summed E-state index contributed by atoms with van der Waals surface area (Å²) in [6, 6.07) is 6.93. The van der Waals surface area contributed by atoms with E-state index < -0.39 is 0 Å². The fourth-order valence-electron chi connectivity index (χ4n) is 5.15. The fraction of sp³-hybridized carbons (Fsp3) is 0.409. The van der Waals surface area contributed by atoms with Crippen molar-refractivity contribution in [3.05, 3.63) is 54.1 Å². The number of nitrogens with one attached hydrogen (secondary N) is 1. The van der Waals surface area contributed by atoms with Crippen LogP contribution in [0.4, 0.5) is 5.82 Å². The van der Waals surface area contributed by atoms with E-state index in [1.54, 1.807) is 25.7 Å². The summed E-state index contributed by atoms with van der Waals surface area (Å²) in [4.78, 5) is 23.5. The summed E-state index contributed by atoms with van der Waals surface area (Å²) in [6.45, 7) is 1.30. The number of nitrogens with zero attached hydrogens (tertiary/aromatic N) is 4. The lowest BCUT2D eigenvalue weighted by atomic mass is 9.72. The summed E-state index contributed by atoms with van der Waals surface area (Å²) >= 11 is 0. The van der Waals surface area contributed by atoms with Gasteiger partial charge in [0.15, 0.2) is 5.82 Å². The van der Waals surface area contributed by atoms with E-state index in [1.807, 2.05) is 0 Å². The van der Waals surface area contributed by atoms with E-state index in [0.29, 0.717) is 24.5 Å². The maximum atomic E-state index is 12.9. The Hall–Kier alpha value is -2.77. The number of carbonyl (C=O) groups is 1. The topological polar surface area (TPSA) is 72.3 Å². The highest BCUT2D eigenvalue weighted by atomic mass is 16.5. The molecule has 3 aromatic rings. The Bertz CT molecular complexity index is 1050. The number of methoxy groups -OCH3 is 1. The molecule has 1 aliphatic heterocycles. The van der Waals surface area contributed by atoms with Crippen LogP contribution in [-0.2, 0) is 22.7 Å². The number of hydrogen-bond acceptors (Lipinski definition) is 5. The van der Waals surface area contributed by atoms with Gasteiger partial charge in [-0.15, -0.1) is 0 Å². The first kappa shape index (κ1) is 18.3. The van der Waals surface area contributed by atoms with Crippen LogP contribution in [-0.4, -0.2) is 52.1 Å². The number of likely N-dealkylation sites (tertiary alicyclic amines) is 1. The molecule has 29 heavy (non-hydrogen) atoms. The van der Waals surface area contributed by atoms with E-state index in [0.717, 1.165) is 19.4 Å². The van der Waals surface area contributed by atoms with Crippen LogP contribution in [0.5, 0.6) is 0 Å². The Morgan fingerprint density at radius 1 is 1.34 bits per heavy atom. The highest BCUT2D eigenvalue weighted by Gasteiger charge is 2.41.